The van der Waals surface area contributed by atoms with Crippen molar-refractivity contribution in [2.45, 2.75) is 77.0 Å². The normalized spacial score (nSPS) is 14.5. The number of hydrogen-bond acceptors (Lipinski definition) is 5. The lowest BCUT2D eigenvalue weighted by Gasteiger charge is -2.30. The number of nitrogens with one attached hydrogen (secondary N) is 2. The molecule has 2 amide bonds. The molecule has 0 saturated carbocycles. The first-order chi connectivity index (χ1) is 19.8. The van der Waals surface area contributed by atoms with Gasteiger partial charge in [-0.1, -0.05) is 79.7 Å². The minimum Gasteiger partial charge on any atom is -0.455 e. The summed E-state index contributed by atoms with van der Waals surface area (Å²) in [7, 11) is 0. The summed E-state index contributed by atoms with van der Waals surface area (Å²) in [5.74, 6) is -1.89. The first kappa shape index (κ1) is 33.5. The van der Waals surface area contributed by atoms with Crippen LogP contribution in [0.5, 0.6) is 0 Å². The highest BCUT2D eigenvalue weighted by Crippen LogP contribution is 2.27. The van der Waals surface area contributed by atoms with Crippen LogP contribution in [0.1, 0.15) is 69.6 Å². The molecule has 0 aliphatic heterocycles. The van der Waals surface area contributed by atoms with Gasteiger partial charge in [0.1, 0.15) is 6.10 Å². The molecule has 0 saturated heterocycles. The first-order valence-electron chi connectivity index (χ1n) is 14.5. The van der Waals surface area contributed by atoms with Crippen molar-refractivity contribution in [3.63, 3.8) is 0 Å². The van der Waals surface area contributed by atoms with Crippen LogP contribution in [0.25, 0.3) is 0 Å². The van der Waals surface area contributed by atoms with Gasteiger partial charge in [-0.25, -0.2) is 0 Å². The monoisotopic (exact) mass is 562 g/mol. The van der Waals surface area contributed by atoms with Crippen LogP contribution in [-0.2, 0) is 25.5 Å². The molecule has 0 aromatic heterocycles. The number of allylic oxidation sites excluding steroid dienone is 2. The minimum atomic E-state index is -0.706. The summed E-state index contributed by atoms with van der Waals surface area (Å²) in [5.41, 5.74) is 1.83. The third-order valence-corrected chi connectivity index (χ3v) is 7.10. The Hall–Kier alpha value is -3.71. The zero-order chi connectivity index (χ0) is 30.0. The highest BCUT2D eigenvalue weighted by atomic mass is 16.5. The average molecular weight is 563 g/mol. The summed E-state index contributed by atoms with van der Waals surface area (Å²) in [6.07, 6.45) is 5.80. The maximum absolute atomic E-state index is 13.6. The maximum Gasteiger partial charge on any atom is 0.309 e. The van der Waals surface area contributed by atoms with Crippen LogP contribution >= 0.6 is 0 Å². The van der Waals surface area contributed by atoms with Gasteiger partial charge in [-0.05, 0) is 56.6 Å². The molecule has 0 radical (unpaired) electrons. The molecule has 7 heteroatoms. The van der Waals surface area contributed by atoms with E-state index >= 15 is 0 Å². The number of esters is 1. The summed E-state index contributed by atoms with van der Waals surface area (Å²) in [5, 5.41) is 15.0. The molecule has 0 bridgehead atoms. The topological polar surface area (TPSA) is 105 Å². The number of amides is 2. The van der Waals surface area contributed by atoms with Gasteiger partial charge in [-0.3, -0.25) is 14.4 Å². The molecule has 2 aromatic carbocycles. The van der Waals surface area contributed by atoms with E-state index in [4.69, 9.17) is 9.84 Å². The van der Waals surface area contributed by atoms with Gasteiger partial charge >= 0.3 is 5.97 Å². The molecular formula is C34H46N2O5. The number of benzene rings is 2. The number of rotatable bonds is 19. The second-order valence-electron chi connectivity index (χ2n) is 10.5. The van der Waals surface area contributed by atoms with Crippen LogP contribution in [0.15, 0.2) is 86.0 Å². The molecule has 3 N–H and O–H groups in total. The number of carbonyl (C=O) groups is 3. The number of carbonyl (C=O) groups excluding carboxylic acids is 3. The average Bonchev–Trinajstić information content (AvgIpc) is 2.97. The summed E-state index contributed by atoms with van der Waals surface area (Å²) in [6, 6.07) is 18.6. The van der Waals surface area contributed by atoms with Gasteiger partial charge in [0.2, 0.25) is 11.8 Å². The van der Waals surface area contributed by atoms with E-state index < -0.39 is 18.1 Å². The van der Waals surface area contributed by atoms with Gasteiger partial charge in [-0.15, -0.1) is 13.2 Å². The number of aliphatic hydroxyl groups is 1. The van der Waals surface area contributed by atoms with Gasteiger partial charge < -0.3 is 20.5 Å². The quantitative estimate of drug-likeness (QED) is 0.156. The van der Waals surface area contributed by atoms with Crippen molar-refractivity contribution in [3.05, 3.63) is 97.1 Å². The fourth-order valence-corrected chi connectivity index (χ4v) is 4.77. The molecule has 0 fully saturated rings. The number of ether oxygens (including phenoxy) is 1. The van der Waals surface area contributed by atoms with E-state index in [0.29, 0.717) is 38.5 Å². The highest BCUT2D eigenvalue weighted by molar-refractivity contribution is 5.86. The van der Waals surface area contributed by atoms with Crippen molar-refractivity contribution < 1.29 is 24.2 Å². The molecule has 0 heterocycles. The zero-order valence-electron chi connectivity index (χ0n) is 24.5. The summed E-state index contributed by atoms with van der Waals surface area (Å²) >= 11 is 0. The van der Waals surface area contributed by atoms with E-state index in [1.54, 1.807) is 12.2 Å². The predicted molar refractivity (Wildman–Crippen MR) is 163 cm³/mol. The highest BCUT2D eigenvalue weighted by Gasteiger charge is 2.32. The Morgan fingerprint density at radius 1 is 0.927 bits per heavy atom. The third-order valence-electron chi connectivity index (χ3n) is 7.10. The summed E-state index contributed by atoms with van der Waals surface area (Å²) < 4.78 is 6.21. The smallest absolute Gasteiger partial charge is 0.309 e. The standard InChI is InChI=1S/C34H46N2O5/c1-5-8-18-29(23-26-16-11-9-12-17-26)34(40)41-32(27-19-13-10-14-20-27)30(7-3)36-33(39)28(15-6-2)24-31(38)35-25(4)21-22-37/h5-6,9-14,16-17,19-20,25,28-30,32,37H,1-2,7-8,15,18,21-24H2,3-4H3,(H,35,38)(H,36,39)/t25-,28+,29+,30-,32?/m0/s1. The van der Waals surface area contributed by atoms with E-state index in [2.05, 4.69) is 23.8 Å². The lowest BCUT2D eigenvalue weighted by atomic mass is 9.93. The second-order valence-corrected chi connectivity index (χ2v) is 10.5. The van der Waals surface area contributed by atoms with E-state index in [1.165, 1.54) is 0 Å². The van der Waals surface area contributed by atoms with E-state index in [9.17, 15) is 14.4 Å². The van der Waals surface area contributed by atoms with Crippen LogP contribution in [0.2, 0.25) is 0 Å². The van der Waals surface area contributed by atoms with E-state index in [0.717, 1.165) is 11.1 Å². The fourth-order valence-electron chi connectivity index (χ4n) is 4.77. The first-order valence-corrected chi connectivity index (χ1v) is 14.5. The molecule has 7 nitrogen and oxygen atoms in total. The summed E-state index contributed by atoms with van der Waals surface area (Å²) in [4.78, 5) is 39.7. The van der Waals surface area contributed by atoms with Crippen molar-refractivity contribution in [1.29, 1.82) is 0 Å². The van der Waals surface area contributed by atoms with Gasteiger partial charge in [0.25, 0.3) is 0 Å². The van der Waals surface area contributed by atoms with Crippen LogP contribution in [0.3, 0.4) is 0 Å². The molecule has 0 spiro atoms. The lowest BCUT2D eigenvalue weighted by molar-refractivity contribution is -0.157. The van der Waals surface area contributed by atoms with Gasteiger partial charge in [0.05, 0.1) is 17.9 Å². The maximum atomic E-state index is 13.6. The second kappa shape index (κ2) is 18.6. The molecule has 1 unspecified atom stereocenters. The van der Waals surface area contributed by atoms with Crippen LogP contribution in [0.4, 0.5) is 0 Å². The SMILES string of the molecule is C=CCC[C@H](Cc1ccccc1)C(=O)OC(c1ccccc1)[C@H](CC)NC(=O)[C@H](CC=C)CC(=O)N[C@@H](C)CCO. The van der Waals surface area contributed by atoms with Crippen molar-refractivity contribution >= 4 is 17.8 Å². The van der Waals surface area contributed by atoms with Crippen LogP contribution in [-0.4, -0.2) is 41.6 Å². The molecule has 41 heavy (non-hydrogen) atoms. The van der Waals surface area contributed by atoms with Crippen molar-refractivity contribution in [2.75, 3.05) is 6.61 Å². The van der Waals surface area contributed by atoms with Crippen molar-refractivity contribution in [3.8, 4) is 0 Å². The Kier molecular flexibility index (Phi) is 15.2. The minimum absolute atomic E-state index is 0.0133. The molecule has 5 atom stereocenters. The third kappa shape index (κ3) is 11.7. The lowest BCUT2D eigenvalue weighted by Crippen LogP contribution is -2.45. The molecule has 0 aliphatic carbocycles. The molecule has 2 rings (SSSR count). The molecule has 2 aromatic rings. The van der Waals surface area contributed by atoms with Crippen molar-refractivity contribution in [2.24, 2.45) is 11.8 Å². The largest absolute Gasteiger partial charge is 0.455 e. The Labute approximate surface area is 245 Å². The number of aliphatic hydroxyl groups excluding tert-OH is 1. The van der Waals surface area contributed by atoms with Gasteiger partial charge in [-0.2, -0.15) is 0 Å². The Morgan fingerprint density at radius 2 is 1.59 bits per heavy atom. The van der Waals surface area contributed by atoms with Crippen LogP contribution < -0.4 is 10.6 Å². The van der Waals surface area contributed by atoms with E-state index in [-0.39, 0.29) is 42.8 Å². The Morgan fingerprint density at radius 3 is 2.17 bits per heavy atom. The van der Waals surface area contributed by atoms with E-state index in [1.807, 2.05) is 74.5 Å². The molecule has 222 valence electrons. The van der Waals surface area contributed by atoms with Gasteiger partial charge in [0.15, 0.2) is 0 Å². The van der Waals surface area contributed by atoms with Crippen molar-refractivity contribution in [1.82, 2.24) is 10.6 Å². The summed E-state index contributed by atoms with van der Waals surface area (Å²) in [6.45, 7) is 11.3. The Balaban J connectivity index is 2.25. The van der Waals surface area contributed by atoms with Crippen LogP contribution in [0, 0.1) is 11.8 Å². The predicted octanol–water partition coefficient (Wildman–Crippen LogP) is 5.46. The Bertz CT molecular complexity index is 1090. The molecular weight excluding hydrogens is 516 g/mol. The number of hydrogen-bond donors (Lipinski definition) is 3. The molecule has 0 aliphatic rings. The zero-order valence-corrected chi connectivity index (χ0v) is 24.5. The fraction of sp³-hybridized carbons (Fsp3) is 0.441. The van der Waals surface area contributed by atoms with Gasteiger partial charge in [0, 0.05) is 19.1 Å².